The summed E-state index contributed by atoms with van der Waals surface area (Å²) < 4.78 is 28.0. The van der Waals surface area contributed by atoms with Crippen LogP contribution in [0.4, 0.5) is 0 Å². The number of nitrogens with two attached hydrogens (primary N) is 1. The number of amides is 1. The van der Waals surface area contributed by atoms with Crippen LogP contribution in [-0.2, 0) is 9.84 Å². The molecule has 0 aliphatic rings. The maximum atomic E-state index is 12.3. The normalized spacial score (nSPS) is 11.4. The predicted octanol–water partition coefficient (Wildman–Crippen LogP) is 3.38. The third kappa shape index (κ3) is 5.56. The number of pyridine rings is 2. The molecule has 2 heterocycles. The lowest BCUT2D eigenvalue weighted by atomic mass is 10.0. The standard InChI is InChI=1S/C25H24N4O4S/c1-34(31,32)14-2-13-33-20-9-7-18(8-10-20)17-3-5-19(6-4-17)24-15-21(25(30)29-26)22-16-27-12-11-23(22)28-24/h3-12,15-16H,2,13-14,26H2,1H3,(H,29,30). The minimum atomic E-state index is -2.98. The molecule has 174 valence electrons. The number of benzene rings is 2. The number of sulfone groups is 1. The minimum absolute atomic E-state index is 0.110. The van der Waals surface area contributed by atoms with Crippen LogP contribution in [-0.4, -0.2) is 42.9 Å². The molecule has 4 rings (SSSR count). The minimum Gasteiger partial charge on any atom is -0.494 e. The summed E-state index contributed by atoms with van der Waals surface area (Å²) in [5.41, 5.74) is 6.78. The number of nitrogens with one attached hydrogen (secondary N) is 1. The van der Waals surface area contributed by atoms with E-state index in [4.69, 9.17) is 10.6 Å². The molecule has 2 aromatic heterocycles. The van der Waals surface area contributed by atoms with Gasteiger partial charge in [0.15, 0.2) is 0 Å². The Kier molecular flexibility index (Phi) is 6.85. The molecule has 0 saturated carbocycles. The number of fused-ring (bicyclic) bond motifs is 1. The molecular weight excluding hydrogens is 452 g/mol. The van der Waals surface area contributed by atoms with Gasteiger partial charge in [0, 0.05) is 29.6 Å². The predicted molar refractivity (Wildman–Crippen MR) is 132 cm³/mol. The maximum absolute atomic E-state index is 12.3. The van der Waals surface area contributed by atoms with E-state index in [9.17, 15) is 13.2 Å². The fraction of sp³-hybridized carbons (Fsp3) is 0.160. The Bertz CT molecular complexity index is 1420. The van der Waals surface area contributed by atoms with E-state index in [1.165, 1.54) is 6.26 Å². The van der Waals surface area contributed by atoms with Crippen LogP contribution in [0.2, 0.25) is 0 Å². The van der Waals surface area contributed by atoms with Crippen molar-refractivity contribution in [2.45, 2.75) is 6.42 Å². The van der Waals surface area contributed by atoms with E-state index in [2.05, 4.69) is 15.4 Å². The molecule has 0 aliphatic heterocycles. The van der Waals surface area contributed by atoms with Gasteiger partial charge in [-0.2, -0.15) is 0 Å². The zero-order valence-electron chi connectivity index (χ0n) is 18.6. The maximum Gasteiger partial charge on any atom is 0.265 e. The number of ether oxygens (including phenoxy) is 1. The smallest absolute Gasteiger partial charge is 0.265 e. The van der Waals surface area contributed by atoms with Gasteiger partial charge in [-0.15, -0.1) is 0 Å². The third-order valence-corrected chi connectivity index (χ3v) is 6.31. The highest BCUT2D eigenvalue weighted by Crippen LogP contribution is 2.28. The van der Waals surface area contributed by atoms with Crippen molar-refractivity contribution in [3.05, 3.63) is 78.6 Å². The molecule has 34 heavy (non-hydrogen) atoms. The van der Waals surface area contributed by atoms with Crippen molar-refractivity contribution in [3.63, 3.8) is 0 Å². The Hall–Kier alpha value is -3.82. The van der Waals surface area contributed by atoms with Gasteiger partial charge in [-0.25, -0.2) is 19.2 Å². The van der Waals surface area contributed by atoms with Gasteiger partial charge in [-0.1, -0.05) is 36.4 Å². The first-order chi connectivity index (χ1) is 16.3. The van der Waals surface area contributed by atoms with Crippen molar-refractivity contribution in [1.29, 1.82) is 0 Å². The molecule has 1 amide bonds. The Morgan fingerprint density at radius 1 is 1.00 bits per heavy atom. The van der Waals surface area contributed by atoms with E-state index in [0.29, 0.717) is 40.9 Å². The average molecular weight is 477 g/mol. The average Bonchev–Trinajstić information content (AvgIpc) is 2.85. The highest BCUT2D eigenvalue weighted by molar-refractivity contribution is 7.90. The van der Waals surface area contributed by atoms with Gasteiger partial charge in [0.2, 0.25) is 0 Å². The number of hydrogen-bond acceptors (Lipinski definition) is 7. The number of carbonyl (C=O) groups excluding carboxylic acids is 1. The Balaban J connectivity index is 1.51. The second kappa shape index (κ2) is 9.98. The second-order valence-electron chi connectivity index (χ2n) is 7.85. The van der Waals surface area contributed by atoms with Crippen molar-refractivity contribution in [3.8, 4) is 28.1 Å². The van der Waals surface area contributed by atoms with Gasteiger partial charge < -0.3 is 4.74 Å². The summed E-state index contributed by atoms with van der Waals surface area (Å²) >= 11 is 0. The monoisotopic (exact) mass is 476 g/mol. The molecule has 2 aromatic carbocycles. The van der Waals surface area contributed by atoms with Crippen LogP contribution in [0.1, 0.15) is 16.8 Å². The summed E-state index contributed by atoms with van der Waals surface area (Å²) in [6.45, 7) is 0.347. The molecule has 0 fully saturated rings. The van der Waals surface area contributed by atoms with E-state index < -0.39 is 15.7 Å². The van der Waals surface area contributed by atoms with Gasteiger partial charge >= 0.3 is 0 Å². The quantitative estimate of drug-likeness (QED) is 0.173. The number of nitrogen functional groups attached to an aromatic ring is 1. The first kappa shape index (κ1) is 23.3. The summed E-state index contributed by atoms with van der Waals surface area (Å²) in [4.78, 5) is 21.0. The van der Waals surface area contributed by atoms with Crippen molar-refractivity contribution in [2.24, 2.45) is 5.84 Å². The van der Waals surface area contributed by atoms with Crippen molar-refractivity contribution < 1.29 is 17.9 Å². The molecule has 0 unspecified atom stereocenters. The number of aromatic nitrogens is 2. The van der Waals surface area contributed by atoms with Crippen molar-refractivity contribution in [1.82, 2.24) is 15.4 Å². The molecule has 0 saturated heterocycles. The summed E-state index contributed by atoms with van der Waals surface area (Å²) in [5.74, 6) is 5.75. The van der Waals surface area contributed by atoms with E-state index in [-0.39, 0.29) is 5.75 Å². The number of nitrogens with zero attached hydrogens (tertiary/aromatic N) is 2. The zero-order chi connectivity index (χ0) is 24.1. The molecule has 9 heteroatoms. The molecule has 0 bridgehead atoms. The van der Waals surface area contributed by atoms with E-state index in [1.807, 2.05) is 48.5 Å². The molecule has 0 radical (unpaired) electrons. The highest BCUT2D eigenvalue weighted by Gasteiger charge is 2.13. The van der Waals surface area contributed by atoms with E-state index in [0.717, 1.165) is 16.7 Å². The molecule has 4 aromatic rings. The molecule has 8 nitrogen and oxygen atoms in total. The molecular formula is C25H24N4O4S. The summed E-state index contributed by atoms with van der Waals surface area (Å²) in [6, 6.07) is 19.0. The lowest BCUT2D eigenvalue weighted by Crippen LogP contribution is -2.30. The first-order valence-electron chi connectivity index (χ1n) is 10.6. The number of rotatable bonds is 8. The Labute approximate surface area is 197 Å². The number of carbonyl (C=O) groups is 1. The van der Waals surface area contributed by atoms with Gasteiger partial charge in [0.1, 0.15) is 15.6 Å². The van der Waals surface area contributed by atoms with Crippen LogP contribution in [0, 0.1) is 0 Å². The van der Waals surface area contributed by atoms with Crippen molar-refractivity contribution in [2.75, 3.05) is 18.6 Å². The largest absolute Gasteiger partial charge is 0.494 e. The van der Waals surface area contributed by atoms with Gasteiger partial charge in [0.25, 0.3) is 5.91 Å². The first-order valence-corrected chi connectivity index (χ1v) is 12.7. The summed E-state index contributed by atoms with van der Waals surface area (Å²) in [6.07, 6.45) is 4.90. The van der Waals surface area contributed by atoms with Crippen LogP contribution in [0.25, 0.3) is 33.3 Å². The zero-order valence-corrected chi connectivity index (χ0v) is 19.4. The van der Waals surface area contributed by atoms with Gasteiger partial charge in [-0.3, -0.25) is 15.2 Å². The van der Waals surface area contributed by atoms with Gasteiger partial charge in [0.05, 0.1) is 29.1 Å². The summed E-state index contributed by atoms with van der Waals surface area (Å²) in [7, 11) is -2.98. The van der Waals surface area contributed by atoms with Gasteiger partial charge in [-0.05, 0) is 41.8 Å². The fourth-order valence-corrected chi connectivity index (χ4v) is 4.21. The van der Waals surface area contributed by atoms with Crippen LogP contribution in [0.5, 0.6) is 5.75 Å². The van der Waals surface area contributed by atoms with Crippen LogP contribution < -0.4 is 16.0 Å². The lowest BCUT2D eigenvalue weighted by Gasteiger charge is -2.10. The lowest BCUT2D eigenvalue weighted by molar-refractivity contribution is 0.0955. The highest BCUT2D eigenvalue weighted by atomic mass is 32.2. The fourth-order valence-electron chi connectivity index (χ4n) is 3.57. The third-order valence-electron chi connectivity index (χ3n) is 5.28. The molecule has 0 aliphatic carbocycles. The van der Waals surface area contributed by atoms with Crippen LogP contribution in [0.15, 0.2) is 73.1 Å². The Morgan fingerprint density at radius 3 is 2.29 bits per heavy atom. The van der Waals surface area contributed by atoms with Crippen LogP contribution in [0.3, 0.4) is 0 Å². The van der Waals surface area contributed by atoms with E-state index in [1.54, 1.807) is 24.5 Å². The van der Waals surface area contributed by atoms with E-state index >= 15 is 0 Å². The molecule has 0 atom stereocenters. The molecule has 0 spiro atoms. The SMILES string of the molecule is CS(=O)(=O)CCCOc1ccc(-c2ccc(-c3cc(C(=O)NN)c4cnccc4n3)cc2)cc1. The second-order valence-corrected chi connectivity index (χ2v) is 10.1. The number of hydrogen-bond donors (Lipinski definition) is 2. The molecule has 3 N–H and O–H groups in total. The topological polar surface area (TPSA) is 124 Å². The van der Waals surface area contributed by atoms with Crippen molar-refractivity contribution >= 4 is 26.6 Å². The van der Waals surface area contributed by atoms with Crippen LogP contribution >= 0.6 is 0 Å². The Morgan fingerprint density at radius 2 is 1.65 bits per heavy atom. The number of hydrazine groups is 1. The summed E-state index contributed by atoms with van der Waals surface area (Å²) in [5, 5.41) is 0.629.